The zero-order valence-electron chi connectivity index (χ0n) is 10.6. The van der Waals surface area contributed by atoms with E-state index in [4.69, 9.17) is 9.52 Å². The van der Waals surface area contributed by atoms with Crippen molar-refractivity contribution in [2.75, 3.05) is 6.61 Å². The van der Waals surface area contributed by atoms with Crippen LogP contribution in [0.3, 0.4) is 0 Å². The highest BCUT2D eigenvalue weighted by atomic mass is 16.4. The number of hydrogen-bond donors (Lipinski definition) is 2. The molecule has 0 spiro atoms. The summed E-state index contributed by atoms with van der Waals surface area (Å²) < 4.78 is 6.50. The second kappa shape index (κ2) is 5.71. The quantitative estimate of drug-likeness (QED) is 0.822. The monoisotopic (exact) mass is 264 g/mol. The van der Waals surface area contributed by atoms with Crippen LogP contribution in [0.1, 0.15) is 13.3 Å². The van der Waals surface area contributed by atoms with Crippen molar-refractivity contribution in [1.29, 1.82) is 0 Å². The predicted molar refractivity (Wildman–Crippen MR) is 69.8 cm³/mol. The molecule has 0 saturated carbocycles. The van der Waals surface area contributed by atoms with Gasteiger partial charge in [-0.25, -0.2) is 4.79 Å². The van der Waals surface area contributed by atoms with Gasteiger partial charge in [0.25, 0.3) is 0 Å². The normalized spacial score (nSPS) is 12.5. The van der Waals surface area contributed by atoms with Gasteiger partial charge in [-0.1, -0.05) is 12.1 Å². The molecule has 1 unspecified atom stereocenters. The molecule has 0 radical (unpaired) electrons. The van der Waals surface area contributed by atoms with Crippen molar-refractivity contribution < 1.29 is 14.3 Å². The number of nitrogens with one attached hydrogen (secondary N) is 1. The van der Waals surface area contributed by atoms with E-state index < -0.39 is 5.76 Å². The average Bonchev–Trinajstić information content (AvgIpc) is 2.71. The third-order valence-electron chi connectivity index (χ3n) is 2.82. The van der Waals surface area contributed by atoms with Crippen LogP contribution in [0.2, 0.25) is 0 Å². The number of aliphatic hydroxyl groups excluding tert-OH is 1. The number of amides is 1. The lowest BCUT2D eigenvalue weighted by atomic mass is 10.3. The second-order valence-corrected chi connectivity index (χ2v) is 4.39. The van der Waals surface area contributed by atoms with Crippen LogP contribution in [0, 0.1) is 0 Å². The average molecular weight is 264 g/mol. The molecule has 0 aliphatic carbocycles. The highest BCUT2D eigenvalue weighted by Crippen LogP contribution is 2.11. The van der Waals surface area contributed by atoms with Crippen LogP contribution in [-0.4, -0.2) is 28.2 Å². The van der Waals surface area contributed by atoms with E-state index in [1.807, 2.05) is 6.07 Å². The molecule has 1 amide bonds. The lowest BCUT2D eigenvalue weighted by Crippen LogP contribution is -2.35. The number of rotatable bonds is 5. The molecule has 1 aromatic carbocycles. The number of fused-ring (bicyclic) bond motifs is 1. The number of aryl methyl sites for hydroxylation is 1. The highest BCUT2D eigenvalue weighted by Gasteiger charge is 2.11. The molecule has 0 saturated heterocycles. The van der Waals surface area contributed by atoms with Gasteiger partial charge < -0.3 is 14.8 Å². The van der Waals surface area contributed by atoms with Gasteiger partial charge in [-0.05, 0) is 19.1 Å². The maximum absolute atomic E-state index is 11.7. The lowest BCUT2D eigenvalue weighted by molar-refractivity contribution is -0.122. The van der Waals surface area contributed by atoms with Gasteiger partial charge in [0.1, 0.15) is 0 Å². The number of hydrogen-bond acceptors (Lipinski definition) is 4. The summed E-state index contributed by atoms with van der Waals surface area (Å²) in [5.41, 5.74) is 1.19. The summed E-state index contributed by atoms with van der Waals surface area (Å²) in [6.07, 6.45) is 0.160. The number of aliphatic hydroxyl groups is 1. The Bertz CT molecular complexity index is 629. The minimum Gasteiger partial charge on any atom is -0.408 e. The third-order valence-corrected chi connectivity index (χ3v) is 2.82. The zero-order chi connectivity index (χ0) is 13.8. The van der Waals surface area contributed by atoms with Crippen LogP contribution >= 0.6 is 0 Å². The summed E-state index contributed by atoms with van der Waals surface area (Å²) in [5.74, 6) is -0.678. The largest absolute Gasteiger partial charge is 0.419 e. The fraction of sp³-hybridized carbons (Fsp3) is 0.385. The molecule has 102 valence electrons. The Kier molecular flexibility index (Phi) is 4.01. The number of nitrogens with zero attached hydrogens (tertiary/aromatic N) is 1. The van der Waals surface area contributed by atoms with Crippen molar-refractivity contribution in [3.8, 4) is 0 Å². The first kappa shape index (κ1) is 13.4. The maximum atomic E-state index is 11.7. The molecule has 19 heavy (non-hydrogen) atoms. The van der Waals surface area contributed by atoms with Gasteiger partial charge >= 0.3 is 5.76 Å². The molecule has 2 N–H and O–H groups in total. The van der Waals surface area contributed by atoms with E-state index in [0.29, 0.717) is 11.1 Å². The lowest BCUT2D eigenvalue weighted by Gasteiger charge is -2.10. The first-order chi connectivity index (χ1) is 9.11. The van der Waals surface area contributed by atoms with E-state index in [1.54, 1.807) is 25.1 Å². The van der Waals surface area contributed by atoms with Gasteiger partial charge in [-0.15, -0.1) is 0 Å². The summed E-state index contributed by atoms with van der Waals surface area (Å²) in [6, 6.07) is 6.79. The molecule has 1 aromatic heterocycles. The van der Waals surface area contributed by atoms with Crippen LogP contribution in [-0.2, 0) is 11.3 Å². The first-order valence-electron chi connectivity index (χ1n) is 6.10. The standard InChI is InChI=1S/C13H16N2O4/c1-9(8-16)14-12(17)6-7-15-10-4-2-3-5-11(10)19-13(15)18/h2-5,9,16H,6-8H2,1H3,(H,14,17). The van der Waals surface area contributed by atoms with E-state index in [9.17, 15) is 9.59 Å². The van der Waals surface area contributed by atoms with Crippen LogP contribution in [0.25, 0.3) is 11.1 Å². The molecule has 6 nitrogen and oxygen atoms in total. The van der Waals surface area contributed by atoms with E-state index in [2.05, 4.69) is 5.32 Å². The molecule has 0 bridgehead atoms. The molecule has 2 aromatic rings. The minimum absolute atomic E-state index is 0.111. The van der Waals surface area contributed by atoms with Crippen molar-refractivity contribution in [1.82, 2.24) is 9.88 Å². The van der Waals surface area contributed by atoms with E-state index in [-0.39, 0.29) is 31.5 Å². The van der Waals surface area contributed by atoms with E-state index in [0.717, 1.165) is 0 Å². The predicted octanol–water partition coefficient (Wildman–Crippen LogP) is 0.482. The van der Waals surface area contributed by atoms with Crippen molar-refractivity contribution in [3.05, 3.63) is 34.8 Å². The molecular formula is C13H16N2O4. The molecule has 1 heterocycles. The summed E-state index contributed by atoms with van der Waals surface area (Å²) in [7, 11) is 0. The SMILES string of the molecule is CC(CO)NC(=O)CCn1c(=O)oc2ccccc21. The number of carbonyl (C=O) groups excluding carboxylic acids is 1. The first-order valence-corrected chi connectivity index (χ1v) is 6.10. The van der Waals surface area contributed by atoms with Crippen LogP contribution in [0.5, 0.6) is 0 Å². The van der Waals surface area contributed by atoms with Gasteiger partial charge in [0.05, 0.1) is 12.1 Å². The van der Waals surface area contributed by atoms with Gasteiger partial charge in [-0.3, -0.25) is 9.36 Å². The number of aromatic nitrogens is 1. The molecular weight excluding hydrogens is 248 g/mol. The second-order valence-electron chi connectivity index (χ2n) is 4.39. The molecule has 6 heteroatoms. The molecule has 1 atom stereocenters. The topological polar surface area (TPSA) is 84.5 Å². The number of oxazole rings is 1. The van der Waals surface area contributed by atoms with Crippen molar-refractivity contribution >= 4 is 17.0 Å². The maximum Gasteiger partial charge on any atom is 0.419 e. The Balaban J connectivity index is 2.08. The Morgan fingerprint density at radius 1 is 1.47 bits per heavy atom. The van der Waals surface area contributed by atoms with Crippen molar-refractivity contribution in [2.24, 2.45) is 0 Å². The van der Waals surface area contributed by atoms with Gasteiger partial charge in [-0.2, -0.15) is 0 Å². The Morgan fingerprint density at radius 2 is 2.21 bits per heavy atom. The molecule has 2 rings (SSSR count). The van der Waals surface area contributed by atoms with E-state index in [1.165, 1.54) is 4.57 Å². The minimum atomic E-state index is -0.468. The number of benzene rings is 1. The summed E-state index contributed by atoms with van der Waals surface area (Å²) in [6.45, 7) is 1.84. The van der Waals surface area contributed by atoms with Gasteiger partial charge in [0.15, 0.2) is 5.58 Å². The Hall–Kier alpha value is -2.08. The summed E-state index contributed by atoms with van der Waals surface area (Å²) >= 11 is 0. The highest BCUT2D eigenvalue weighted by molar-refractivity contribution is 5.77. The van der Waals surface area contributed by atoms with E-state index >= 15 is 0 Å². The number of carbonyl (C=O) groups is 1. The smallest absolute Gasteiger partial charge is 0.408 e. The zero-order valence-corrected chi connectivity index (χ0v) is 10.6. The van der Waals surface area contributed by atoms with Crippen LogP contribution in [0.15, 0.2) is 33.5 Å². The fourth-order valence-corrected chi connectivity index (χ4v) is 1.83. The van der Waals surface area contributed by atoms with Crippen LogP contribution in [0.4, 0.5) is 0 Å². The molecule has 0 fully saturated rings. The Morgan fingerprint density at radius 3 is 2.95 bits per heavy atom. The summed E-state index contributed by atoms with van der Waals surface area (Å²) in [5, 5.41) is 11.5. The molecule has 0 aliphatic rings. The van der Waals surface area contributed by atoms with Crippen molar-refractivity contribution in [2.45, 2.75) is 25.9 Å². The third kappa shape index (κ3) is 3.03. The summed E-state index contributed by atoms with van der Waals surface area (Å²) in [4.78, 5) is 23.2. The van der Waals surface area contributed by atoms with Crippen LogP contribution < -0.4 is 11.1 Å². The fourth-order valence-electron chi connectivity index (χ4n) is 1.83. The molecule has 0 aliphatic heterocycles. The van der Waals surface area contributed by atoms with Crippen molar-refractivity contribution in [3.63, 3.8) is 0 Å². The Labute approximate surface area is 109 Å². The number of para-hydroxylation sites is 2. The van der Waals surface area contributed by atoms with Gasteiger partial charge in [0.2, 0.25) is 5.91 Å². The van der Waals surface area contributed by atoms with Gasteiger partial charge in [0, 0.05) is 19.0 Å².